The van der Waals surface area contributed by atoms with Crippen molar-refractivity contribution in [2.45, 2.75) is 13.8 Å². The number of barbiturate groups is 1. The van der Waals surface area contributed by atoms with Gasteiger partial charge in [-0.25, -0.2) is 9.69 Å². The molecule has 1 fully saturated rings. The van der Waals surface area contributed by atoms with Crippen LogP contribution in [0.2, 0.25) is 5.02 Å². The van der Waals surface area contributed by atoms with Crippen molar-refractivity contribution in [3.05, 3.63) is 94.0 Å². The summed E-state index contributed by atoms with van der Waals surface area (Å²) in [6.07, 6.45) is 1.32. The van der Waals surface area contributed by atoms with Gasteiger partial charge >= 0.3 is 6.03 Å². The number of ether oxygens (including phenoxy) is 1. The van der Waals surface area contributed by atoms with Crippen molar-refractivity contribution in [2.24, 2.45) is 0 Å². The van der Waals surface area contributed by atoms with Crippen LogP contribution in [-0.2, 0) is 14.4 Å². The molecule has 9 heteroatoms. The first kappa shape index (κ1) is 24.7. The van der Waals surface area contributed by atoms with Gasteiger partial charge < -0.3 is 10.1 Å². The first-order chi connectivity index (χ1) is 17.2. The number of urea groups is 1. The van der Waals surface area contributed by atoms with E-state index >= 15 is 0 Å². The molecule has 5 amide bonds. The molecule has 3 aromatic carbocycles. The molecule has 1 heterocycles. The Morgan fingerprint density at radius 3 is 2.47 bits per heavy atom. The molecule has 8 nitrogen and oxygen atoms in total. The average molecular weight is 504 g/mol. The minimum atomic E-state index is -0.871. The number of carbonyl (C=O) groups is 4. The molecular weight excluding hydrogens is 482 g/mol. The van der Waals surface area contributed by atoms with Crippen molar-refractivity contribution in [2.75, 3.05) is 16.8 Å². The van der Waals surface area contributed by atoms with Crippen molar-refractivity contribution in [1.82, 2.24) is 5.32 Å². The standard InChI is InChI=1S/C27H22ClN3O5/c1-16-10-12-19(13-11-16)29-24(32)15-36-23-9-4-3-6-18(23)14-20-25(33)30-27(35)31(26(20)34)22-8-5-7-21(28)17(22)2/h3-14H,15H2,1-2H3,(H,29,32)(H,30,33,35)/b20-14+. The second kappa shape index (κ2) is 10.5. The molecule has 0 aromatic heterocycles. The van der Waals surface area contributed by atoms with Gasteiger partial charge in [0.25, 0.3) is 17.7 Å². The number of halogens is 1. The number of imide groups is 2. The second-order valence-corrected chi connectivity index (χ2v) is 8.49. The average Bonchev–Trinajstić information content (AvgIpc) is 2.85. The molecule has 1 aliphatic heterocycles. The first-order valence-corrected chi connectivity index (χ1v) is 11.4. The third-order valence-corrected chi connectivity index (χ3v) is 5.90. The van der Waals surface area contributed by atoms with E-state index in [9.17, 15) is 19.2 Å². The Labute approximate surface area is 212 Å². The quantitative estimate of drug-likeness (QED) is 0.376. The maximum absolute atomic E-state index is 13.2. The van der Waals surface area contributed by atoms with Gasteiger partial charge in [0, 0.05) is 16.3 Å². The molecule has 0 atom stereocenters. The molecule has 0 spiro atoms. The minimum absolute atomic E-state index is 0.265. The zero-order valence-corrected chi connectivity index (χ0v) is 20.3. The summed E-state index contributed by atoms with van der Waals surface area (Å²) in [6, 6.07) is 17.9. The number of para-hydroxylation sites is 1. The first-order valence-electron chi connectivity index (χ1n) is 11.0. The summed E-state index contributed by atoms with van der Waals surface area (Å²) < 4.78 is 5.68. The lowest BCUT2D eigenvalue weighted by molar-refractivity contribution is -0.122. The smallest absolute Gasteiger partial charge is 0.335 e. The van der Waals surface area contributed by atoms with Gasteiger partial charge in [-0.3, -0.25) is 19.7 Å². The number of hydrogen-bond acceptors (Lipinski definition) is 5. The maximum atomic E-state index is 13.2. The zero-order valence-electron chi connectivity index (χ0n) is 19.5. The third kappa shape index (κ3) is 5.29. The van der Waals surface area contributed by atoms with E-state index in [2.05, 4.69) is 10.6 Å². The number of anilines is 2. The second-order valence-electron chi connectivity index (χ2n) is 8.08. The summed E-state index contributed by atoms with van der Waals surface area (Å²) in [5, 5.41) is 5.30. The van der Waals surface area contributed by atoms with E-state index in [-0.39, 0.29) is 29.5 Å². The van der Waals surface area contributed by atoms with Crippen molar-refractivity contribution in [1.29, 1.82) is 0 Å². The Kier molecular flexibility index (Phi) is 7.17. The van der Waals surface area contributed by atoms with Crippen molar-refractivity contribution < 1.29 is 23.9 Å². The van der Waals surface area contributed by atoms with Crippen LogP contribution in [-0.4, -0.2) is 30.4 Å². The monoisotopic (exact) mass is 503 g/mol. The van der Waals surface area contributed by atoms with Crippen molar-refractivity contribution in [3.8, 4) is 5.75 Å². The van der Waals surface area contributed by atoms with E-state index in [1.807, 2.05) is 19.1 Å². The van der Waals surface area contributed by atoms with Gasteiger partial charge in [0.1, 0.15) is 11.3 Å². The Bertz CT molecular complexity index is 1400. The highest BCUT2D eigenvalue weighted by atomic mass is 35.5. The van der Waals surface area contributed by atoms with Crippen LogP contribution in [0.15, 0.2) is 72.3 Å². The summed E-state index contributed by atoms with van der Waals surface area (Å²) in [7, 11) is 0. The van der Waals surface area contributed by atoms with Crippen LogP contribution in [0.1, 0.15) is 16.7 Å². The molecule has 1 aliphatic rings. The number of rotatable bonds is 6. The molecule has 1 saturated heterocycles. The Morgan fingerprint density at radius 2 is 1.72 bits per heavy atom. The lowest BCUT2D eigenvalue weighted by atomic mass is 10.0. The van der Waals surface area contributed by atoms with E-state index in [1.165, 1.54) is 6.08 Å². The van der Waals surface area contributed by atoms with Gasteiger partial charge in [-0.05, 0) is 55.8 Å². The van der Waals surface area contributed by atoms with E-state index in [1.54, 1.807) is 61.5 Å². The fourth-order valence-corrected chi connectivity index (χ4v) is 3.75. The third-order valence-electron chi connectivity index (χ3n) is 5.49. The number of aryl methyl sites for hydroxylation is 1. The van der Waals surface area contributed by atoms with Gasteiger partial charge in [-0.15, -0.1) is 0 Å². The number of amides is 5. The molecular formula is C27H22ClN3O5. The van der Waals surface area contributed by atoms with Crippen LogP contribution in [0, 0.1) is 13.8 Å². The topological polar surface area (TPSA) is 105 Å². The zero-order chi connectivity index (χ0) is 25.8. The molecule has 36 heavy (non-hydrogen) atoms. The highest BCUT2D eigenvalue weighted by Crippen LogP contribution is 2.30. The van der Waals surface area contributed by atoms with Gasteiger partial charge in [-0.2, -0.15) is 0 Å². The normalized spacial score (nSPS) is 14.6. The molecule has 182 valence electrons. The Morgan fingerprint density at radius 1 is 1.00 bits per heavy atom. The van der Waals surface area contributed by atoms with Crippen LogP contribution < -0.4 is 20.3 Å². The lowest BCUT2D eigenvalue weighted by Gasteiger charge is -2.27. The molecule has 0 radical (unpaired) electrons. The van der Waals surface area contributed by atoms with E-state index in [0.717, 1.165) is 10.5 Å². The summed E-state index contributed by atoms with van der Waals surface area (Å²) in [4.78, 5) is 51.6. The summed E-state index contributed by atoms with van der Waals surface area (Å²) in [5.41, 5.74) is 2.60. The van der Waals surface area contributed by atoms with Crippen molar-refractivity contribution in [3.63, 3.8) is 0 Å². The molecule has 0 unspecified atom stereocenters. The predicted octanol–water partition coefficient (Wildman–Crippen LogP) is 4.64. The van der Waals surface area contributed by atoms with Crippen LogP contribution in [0.5, 0.6) is 5.75 Å². The molecule has 0 bridgehead atoms. The van der Waals surface area contributed by atoms with Gasteiger partial charge in [0.05, 0.1) is 5.69 Å². The highest BCUT2D eigenvalue weighted by Gasteiger charge is 2.37. The maximum Gasteiger partial charge on any atom is 0.335 e. The fourth-order valence-electron chi connectivity index (χ4n) is 3.58. The molecule has 4 rings (SSSR count). The predicted molar refractivity (Wildman–Crippen MR) is 137 cm³/mol. The lowest BCUT2D eigenvalue weighted by Crippen LogP contribution is -2.54. The van der Waals surface area contributed by atoms with Crippen LogP contribution in [0.3, 0.4) is 0 Å². The summed E-state index contributed by atoms with van der Waals surface area (Å²) in [5.74, 6) is -1.73. The number of carbonyl (C=O) groups excluding carboxylic acids is 4. The van der Waals surface area contributed by atoms with Gasteiger partial charge in [-0.1, -0.05) is 53.6 Å². The molecule has 0 aliphatic carbocycles. The van der Waals surface area contributed by atoms with Gasteiger partial charge in [0.15, 0.2) is 6.61 Å². The Hall–Kier alpha value is -4.43. The number of hydrogen-bond donors (Lipinski definition) is 2. The Balaban J connectivity index is 1.56. The molecule has 3 aromatic rings. The minimum Gasteiger partial charge on any atom is -0.483 e. The number of nitrogens with one attached hydrogen (secondary N) is 2. The van der Waals surface area contributed by atoms with E-state index in [0.29, 0.717) is 21.8 Å². The SMILES string of the molecule is Cc1ccc(NC(=O)COc2ccccc2/C=C2\C(=O)NC(=O)N(c3cccc(Cl)c3C)C2=O)cc1. The number of benzene rings is 3. The van der Waals surface area contributed by atoms with Crippen LogP contribution in [0.4, 0.5) is 16.2 Å². The van der Waals surface area contributed by atoms with Gasteiger partial charge in [0.2, 0.25) is 0 Å². The van der Waals surface area contributed by atoms with Crippen molar-refractivity contribution >= 4 is 52.8 Å². The fraction of sp³-hybridized carbons (Fsp3) is 0.111. The van der Waals surface area contributed by atoms with Crippen LogP contribution >= 0.6 is 11.6 Å². The van der Waals surface area contributed by atoms with Crippen LogP contribution in [0.25, 0.3) is 6.08 Å². The summed E-state index contributed by atoms with van der Waals surface area (Å²) in [6.45, 7) is 3.33. The molecule has 0 saturated carbocycles. The largest absolute Gasteiger partial charge is 0.483 e. The van der Waals surface area contributed by atoms with E-state index in [4.69, 9.17) is 16.3 Å². The van der Waals surface area contributed by atoms with E-state index < -0.39 is 17.8 Å². The summed E-state index contributed by atoms with van der Waals surface area (Å²) >= 11 is 6.16. The number of nitrogens with zero attached hydrogens (tertiary/aromatic N) is 1. The molecule has 2 N–H and O–H groups in total. The highest BCUT2D eigenvalue weighted by molar-refractivity contribution is 6.40.